The number of ether oxygens (including phenoxy) is 2. The number of fused-ring (bicyclic) bond motifs is 1. The summed E-state index contributed by atoms with van der Waals surface area (Å²) in [6.45, 7) is 7.79. The predicted molar refractivity (Wildman–Crippen MR) is 127 cm³/mol. The lowest BCUT2D eigenvalue weighted by Crippen LogP contribution is -2.34. The van der Waals surface area contributed by atoms with Crippen molar-refractivity contribution in [2.24, 2.45) is 0 Å². The fourth-order valence-corrected chi connectivity index (χ4v) is 5.38. The van der Waals surface area contributed by atoms with Crippen molar-refractivity contribution in [1.29, 1.82) is 0 Å². The van der Waals surface area contributed by atoms with Crippen molar-refractivity contribution in [1.82, 2.24) is 10.1 Å². The van der Waals surface area contributed by atoms with Crippen molar-refractivity contribution in [2.75, 3.05) is 18.1 Å². The maximum Gasteiger partial charge on any atom is 0.270 e. The Kier molecular flexibility index (Phi) is 6.44. The van der Waals surface area contributed by atoms with Crippen LogP contribution in [0.1, 0.15) is 47.6 Å². The Morgan fingerprint density at radius 1 is 1.26 bits per heavy atom. The fraction of sp³-hybridized carbons (Fsp3) is 0.333. The van der Waals surface area contributed by atoms with Crippen molar-refractivity contribution >= 4 is 27.4 Å². The van der Waals surface area contributed by atoms with Crippen LogP contribution in [-0.2, 0) is 31.7 Å². The van der Waals surface area contributed by atoms with Crippen molar-refractivity contribution < 1.29 is 22.4 Å². The molecule has 0 radical (unpaired) electrons. The zero-order valence-electron chi connectivity index (χ0n) is 19.5. The van der Waals surface area contributed by atoms with E-state index in [-0.39, 0.29) is 33.9 Å². The van der Waals surface area contributed by atoms with Gasteiger partial charge in [0.1, 0.15) is 22.3 Å². The highest BCUT2D eigenvalue weighted by Gasteiger charge is 2.33. The van der Waals surface area contributed by atoms with Crippen LogP contribution in [-0.4, -0.2) is 32.4 Å². The first-order chi connectivity index (χ1) is 16.1. The molecule has 0 spiro atoms. The van der Waals surface area contributed by atoms with Crippen molar-refractivity contribution in [3.05, 3.63) is 69.2 Å². The highest BCUT2D eigenvalue weighted by molar-refractivity contribution is 7.92. The Morgan fingerprint density at radius 2 is 2.03 bits per heavy atom. The monoisotopic (exact) mass is 501 g/mol. The Bertz CT molecular complexity index is 1420. The summed E-state index contributed by atoms with van der Waals surface area (Å²) in [5.74, 6) is 6.25. The van der Waals surface area contributed by atoms with Crippen molar-refractivity contribution in [2.45, 2.75) is 44.8 Å². The first-order valence-electron chi connectivity index (χ1n) is 10.4. The third-order valence-electron chi connectivity index (χ3n) is 5.60. The molecule has 10 heteroatoms. The molecule has 178 valence electrons. The summed E-state index contributed by atoms with van der Waals surface area (Å²) in [7, 11) is -2.81. The van der Waals surface area contributed by atoms with Crippen LogP contribution >= 0.6 is 11.6 Å². The summed E-state index contributed by atoms with van der Waals surface area (Å²) < 4.78 is 44.2. The number of rotatable bonds is 5. The number of hydrogen-bond donors (Lipinski definition) is 0. The molecule has 8 nitrogen and oxygen atoms in total. The summed E-state index contributed by atoms with van der Waals surface area (Å²) in [5.41, 5.74) is 3.63. The molecular weight excluding hydrogens is 478 g/mol. The Morgan fingerprint density at radius 3 is 2.71 bits per heavy atom. The summed E-state index contributed by atoms with van der Waals surface area (Å²) >= 11 is 6.23. The molecule has 1 aliphatic rings. The van der Waals surface area contributed by atoms with Gasteiger partial charge in [0.05, 0.1) is 12.2 Å². The summed E-state index contributed by atoms with van der Waals surface area (Å²) in [6.07, 6.45) is 1.49. The van der Waals surface area contributed by atoms with Gasteiger partial charge in [-0.25, -0.2) is 17.7 Å². The van der Waals surface area contributed by atoms with E-state index in [1.165, 1.54) is 25.4 Å². The van der Waals surface area contributed by atoms with Gasteiger partial charge in [-0.2, -0.15) is 0 Å². The van der Waals surface area contributed by atoms with Crippen LogP contribution in [0.25, 0.3) is 0 Å². The zero-order valence-corrected chi connectivity index (χ0v) is 21.0. The summed E-state index contributed by atoms with van der Waals surface area (Å²) in [6, 6.07) is 7.01. The van der Waals surface area contributed by atoms with E-state index in [0.29, 0.717) is 6.61 Å². The quantitative estimate of drug-likeness (QED) is 0.380. The smallest absolute Gasteiger partial charge is 0.270 e. The molecule has 0 aliphatic carbocycles. The number of aromatic nitrogens is 2. The summed E-state index contributed by atoms with van der Waals surface area (Å²) in [5, 5.41) is 3.88. The molecule has 0 saturated heterocycles. The van der Waals surface area contributed by atoms with Gasteiger partial charge in [0, 0.05) is 18.9 Å². The highest BCUT2D eigenvalue weighted by atomic mass is 35.5. The first-order valence-corrected chi connectivity index (χ1v) is 12.3. The van der Waals surface area contributed by atoms with Gasteiger partial charge >= 0.3 is 0 Å². The number of sulfonamides is 1. The molecule has 3 heterocycles. The molecule has 0 bridgehead atoms. The molecule has 0 fully saturated rings. The molecule has 34 heavy (non-hydrogen) atoms. The number of nitrogens with zero attached hydrogens (tertiary/aromatic N) is 3. The van der Waals surface area contributed by atoms with E-state index >= 15 is 0 Å². The minimum Gasteiger partial charge on any atom is -0.366 e. The lowest BCUT2D eigenvalue weighted by molar-refractivity contribution is -0.00790. The molecule has 0 atom stereocenters. The van der Waals surface area contributed by atoms with Gasteiger partial charge in [-0.3, -0.25) is 0 Å². The van der Waals surface area contributed by atoms with E-state index in [0.717, 1.165) is 26.6 Å². The van der Waals surface area contributed by atoms with Crippen LogP contribution in [0.5, 0.6) is 0 Å². The van der Waals surface area contributed by atoms with Crippen LogP contribution in [0.3, 0.4) is 0 Å². The van der Waals surface area contributed by atoms with Gasteiger partial charge in [-0.15, -0.1) is 0 Å². The second-order valence-electron chi connectivity index (χ2n) is 8.37. The lowest BCUT2D eigenvalue weighted by atomic mass is 9.92. The maximum absolute atomic E-state index is 13.6. The van der Waals surface area contributed by atoms with E-state index in [9.17, 15) is 8.42 Å². The van der Waals surface area contributed by atoms with Crippen LogP contribution in [0.2, 0.25) is 5.02 Å². The molecule has 3 aromatic rings. The first kappa shape index (κ1) is 24.2. The van der Waals surface area contributed by atoms with Crippen molar-refractivity contribution in [3.63, 3.8) is 0 Å². The molecule has 1 aromatic carbocycles. The Hall–Kier alpha value is -2.90. The number of halogens is 1. The number of hydrogen-bond acceptors (Lipinski definition) is 7. The summed E-state index contributed by atoms with van der Waals surface area (Å²) in [4.78, 5) is 4.13. The zero-order chi connectivity index (χ0) is 24.7. The van der Waals surface area contributed by atoms with Crippen LogP contribution in [0.15, 0.2) is 39.9 Å². The highest BCUT2D eigenvalue weighted by Crippen LogP contribution is 2.37. The second-order valence-corrected chi connectivity index (χ2v) is 10.6. The van der Waals surface area contributed by atoms with E-state index in [1.54, 1.807) is 6.92 Å². The van der Waals surface area contributed by atoms with Gasteiger partial charge in [-0.05, 0) is 68.5 Å². The number of benzene rings is 1. The van der Waals surface area contributed by atoms with E-state index in [4.69, 9.17) is 25.6 Å². The molecule has 4 rings (SSSR count). The van der Waals surface area contributed by atoms with Crippen LogP contribution < -0.4 is 4.31 Å². The molecule has 0 saturated carbocycles. The van der Waals surface area contributed by atoms with Gasteiger partial charge in [0.25, 0.3) is 10.0 Å². The van der Waals surface area contributed by atoms with Gasteiger partial charge in [-0.1, -0.05) is 28.7 Å². The van der Waals surface area contributed by atoms with E-state index < -0.39 is 15.6 Å². The third-order valence-corrected chi connectivity index (χ3v) is 7.78. The average molecular weight is 502 g/mol. The second kappa shape index (κ2) is 9.04. The normalized spacial score (nSPS) is 14.4. The Labute approximate surface area is 203 Å². The minimum absolute atomic E-state index is 0.0690. The molecule has 0 N–H and O–H groups in total. The van der Waals surface area contributed by atoms with Gasteiger partial charge in [0.2, 0.25) is 5.82 Å². The number of methoxy groups -OCH3 is 1. The number of pyridine rings is 1. The predicted octanol–water partition coefficient (Wildman–Crippen LogP) is 4.30. The van der Waals surface area contributed by atoms with E-state index in [1.807, 2.05) is 26.8 Å². The molecule has 0 unspecified atom stereocenters. The largest absolute Gasteiger partial charge is 0.366 e. The Balaban J connectivity index is 1.78. The fourth-order valence-electron chi connectivity index (χ4n) is 3.72. The number of aryl methyl sites for hydroxylation is 2. The van der Waals surface area contributed by atoms with Crippen LogP contribution in [0.4, 0.5) is 5.82 Å². The molecule has 0 amide bonds. The SMILES string of the molecule is COCN(c1noc(C)c1Cl)S(=O)(=O)c1cccnc1C#Cc1cc2c(cc1C)COC2(C)C. The maximum atomic E-state index is 13.6. The topological polar surface area (TPSA) is 94.8 Å². The van der Waals surface area contributed by atoms with Gasteiger partial charge < -0.3 is 14.0 Å². The molecular formula is C24H24ClN3O5S. The average Bonchev–Trinajstić information content (AvgIpc) is 3.28. The lowest BCUT2D eigenvalue weighted by Gasteiger charge is -2.21. The number of anilines is 1. The van der Waals surface area contributed by atoms with E-state index in [2.05, 4.69) is 28.0 Å². The standard InChI is InChI=1S/C24H24ClN3O5S/c1-15-11-18-13-32-24(3,4)19(18)12-17(15)8-9-20-21(7-6-10-26-20)34(29,30)28(14-31-5)23-22(25)16(2)33-27-23/h6-7,10-12H,13-14H2,1-5H3. The minimum atomic E-state index is -4.18. The van der Waals surface area contributed by atoms with Gasteiger partial charge in [0.15, 0.2) is 5.76 Å². The third kappa shape index (κ3) is 4.30. The van der Waals surface area contributed by atoms with Crippen molar-refractivity contribution in [3.8, 4) is 11.8 Å². The molecule has 2 aromatic heterocycles. The molecule has 1 aliphatic heterocycles. The van der Waals surface area contributed by atoms with Crippen LogP contribution in [0, 0.1) is 25.7 Å².